The smallest absolute Gasteiger partial charge is 0 e. The van der Waals surface area contributed by atoms with Crippen molar-refractivity contribution in [2.75, 3.05) is 0 Å². The quantitative estimate of drug-likeness (QED) is 0.382. The number of halogens is 1. The van der Waals surface area contributed by atoms with Crippen LogP contribution in [-0.4, -0.2) is 8.07 Å². The third kappa shape index (κ3) is 8.76. The monoisotopic (exact) mass is 249 g/mol. The molecule has 0 spiro atoms. The molecule has 0 nitrogen and oxygen atoms in total. The Hall–Kier alpha value is 0.441. The van der Waals surface area contributed by atoms with Crippen LogP contribution in [0.5, 0.6) is 0 Å². The van der Waals surface area contributed by atoms with Gasteiger partial charge in [0.1, 0.15) is 0 Å². The molecule has 0 fully saturated rings. The number of hydrogen-bond acceptors (Lipinski definition) is 0. The van der Waals surface area contributed by atoms with Gasteiger partial charge in [-0.2, -0.15) is 0 Å². The summed E-state index contributed by atoms with van der Waals surface area (Å²) < 4.78 is 0. The maximum Gasteiger partial charge on any atom is 0 e. The number of hydrogen-bond donors (Lipinski definition) is 0. The summed E-state index contributed by atoms with van der Waals surface area (Å²) in [4.78, 5) is 0. The summed E-state index contributed by atoms with van der Waals surface area (Å²) in [6.45, 7) is 15.5. The van der Waals surface area contributed by atoms with Crippen molar-refractivity contribution in [2.24, 2.45) is 0 Å². The van der Waals surface area contributed by atoms with Crippen molar-refractivity contribution >= 4 is 20.5 Å². The maximum absolute atomic E-state index is 4.26. The zero-order valence-corrected chi connectivity index (χ0v) is 11.5. The van der Waals surface area contributed by atoms with E-state index in [0.29, 0.717) is 0 Å². The molecule has 13 heavy (non-hydrogen) atoms. The molecule has 0 aliphatic heterocycles. The van der Waals surface area contributed by atoms with Gasteiger partial charge in [-0.15, -0.1) is 32.1 Å². The van der Waals surface area contributed by atoms with Crippen molar-refractivity contribution in [1.82, 2.24) is 0 Å². The van der Waals surface area contributed by atoms with E-state index < -0.39 is 8.07 Å². The van der Waals surface area contributed by atoms with Gasteiger partial charge in [-0.05, 0) is 0 Å². The first kappa shape index (κ1) is 19.1. The van der Waals surface area contributed by atoms with Crippen molar-refractivity contribution in [3.8, 4) is 0 Å². The fraction of sp³-hybridized carbons (Fsp3) is 0.300. The van der Waals surface area contributed by atoms with E-state index in [9.17, 15) is 0 Å². The van der Waals surface area contributed by atoms with Crippen molar-refractivity contribution in [1.29, 1.82) is 0 Å². The second-order valence-electron chi connectivity index (χ2n) is 2.98. The molecule has 0 atom stereocenters. The Balaban J connectivity index is -0.000000500. The third-order valence-electron chi connectivity index (χ3n) is 1.73. The van der Waals surface area contributed by atoms with Gasteiger partial charge >= 0.3 is 0 Å². The molecule has 0 aliphatic rings. The maximum atomic E-state index is 4.26. The van der Waals surface area contributed by atoms with Gasteiger partial charge in [0.2, 0.25) is 0 Å². The average Bonchev–Trinajstić information content (AvgIpc) is 1.88. The van der Waals surface area contributed by atoms with Gasteiger partial charge in [0.15, 0.2) is 0 Å². The van der Waals surface area contributed by atoms with E-state index in [-0.39, 0.29) is 34.1 Å². The van der Waals surface area contributed by atoms with Crippen LogP contribution in [0, 0.1) is 6.55 Å². The minimum atomic E-state index is -1.35. The van der Waals surface area contributed by atoms with Crippen molar-refractivity contribution in [3.63, 3.8) is 0 Å². The molecule has 0 amide bonds. The summed E-state index contributed by atoms with van der Waals surface area (Å²) in [7, 11) is -1.35. The van der Waals surface area contributed by atoms with Gasteiger partial charge in [-0.25, -0.2) is 0 Å². The molecular weight excluding hydrogens is 232 g/mol. The van der Waals surface area contributed by atoms with Gasteiger partial charge in [0.05, 0.1) is 0 Å². The molecule has 0 aromatic heterocycles. The molecule has 0 rings (SSSR count). The second kappa shape index (κ2) is 10.5. The van der Waals surface area contributed by atoms with Crippen LogP contribution in [0.4, 0.5) is 0 Å². The molecule has 0 N–H and O–H groups in total. The van der Waals surface area contributed by atoms with Crippen LogP contribution in [0.1, 0.15) is 0 Å². The molecule has 0 aliphatic carbocycles. The predicted molar refractivity (Wildman–Crippen MR) is 63.4 cm³/mol. The van der Waals surface area contributed by atoms with Crippen molar-refractivity contribution < 1.29 is 21.7 Å². The number of allylic oxidation sites excluding steroid dienone is 3. The fourth-order valence-electron chi connectivity index (χ4n) is 1.17. The summed E-state index contributed by atoms with van der Waals surface area (Å²) in [5.74, 6) is 0. The Morgan fingerprint density at radius 1 is 0.923 bits per heavy atom. The first-order valence-electron chi connectivity index (χ1n) is 3.86. The van der Waals surface area contributed by atoms with E-state index in [0.717, 1.165) is 18.1 Å². The first-order valence-corrected chi connectivity index (χ1v) is 6.69. The Morgan fingerprint density at radius 3 is 1.31 bits per heavy atom. The third-order valence-corrected chi connectivity index (χ3v) is 5.20. The van der Waals surface area contributed by atoms with Crippen molar-refractivity contribution in [2.45, 2.75) is 18.1 Å². The van der Waals surface area contributed by atoms with Crippen LogP contribution in [0.2, 0.25) is 18.1 Å². The van der Waals surface area contributed by atoms with Crippen LogP contribution in [0.15, 0.2) is 38.0 Å². The molecule has 0 saturated carbocycles. The van der Waals surface area contributed by atoms with Crippen LogP contribution in [-0.2, 0) is 21.7 Å². The molecule has 0 unspecified atom stereocenters. The van der Waals surface area contributed by atoms with E-state index in [1.54, 1.807) is 0 Å². The van der Waals surface area contributed by atoms with Gasteiger partial charge in [-0.1, -0.05) is 44.4 Å². The number of rotatable bonds is 6. The summed E-state index contributed by atoms with van der Waals surface area (Å²) in [6, 6.07) is 3.18. The van der Waals surface area contributed by atoms with Gasteiger partial charge in [-0.3, -0.25) is 0 Å². The molecule has 0 saturated heterocycles. The Bertz CT molecular complexity index is 130. The molecule has 0 aromatic rings. The van der Waals surface area contributed by atoms with E-state index in [1.807, 2.05) is 18.2 Å². The second-order valence-corrected chi connectivity index (χ2v) is 7.20. The standard InChI is InChI=1S/C10H17Si.ClH.Ti/c1-5-8-11(4,9-6-2)10-7-3;;/h5-7H,1-4,8-10H2;1H;/q-1;;. The molecule has 0 radical (unpaired) electrons. The van der Waals surface area contributed by atoms with E-state index in [2.05, 4.69) is 26.3 Å². The minimum absolute atomic E-state index is 0. The largest absolute Gasteiger partial charge is 0.341 e. The van der Waals surface area contributed by atoms with E-state index >= 15 is 0 Å². The van der Waals surface area contributed by atoms with Crippen LogP contribution < -0.4 is 0 Å². The summed E-state index contributed by atoms with van der Waals surface area (Å²) in [5.41, 5.74) is 0. The van der Waals surface area contributed by atoms with Crippen LogP contribution >= 0.6 is 12.4 Å². The molecule has 74 valence electrons. The van der Waals surface area contributed by atoms with Crippen LogP contribution in [0.25, 0.3) is 0 Å². The molecule has 0 bridgehead atoms. The molecule has 0 aromatic carbocycles. The van der Waals surface area contributed by atoms with E-state index in [4.69, 9.17) is 0 Å². The SMILES string of the molecule is C=CC[Si]([CH2-])(CC=C)CC=C.Cl.[Ti]. The Kier molecular flexibility index (Phi) is 15.4. The predicted octanol–water partition coefficient (Wildman–Crippen LogP) is 3.79. The van der Waals surface area contributed by atoms with Gasteiger partial charge < -0.3 is 6.55 Å². The summed E-state index contributed by atoms with van der Waals surface area (Å²) in [5, 5.41) is 0. The van der Waals surface area contributed by atoms with Crippen LogP contribution in [0.3, 0.4) is 0 Å². The zero-order chi connectivity index (χ0) is 8.74. The Morgan fingerprint density at radius 2 is 1.15 bits per heavy atom. The minimum Gasteiger partial charge on any atom is -0.341 e. The topological polar surface area (TPSA) is 0 Å². The Labute approximate surface area is 104 Å². The molecule has 3 heteroatoms. The van der Waals surface area contributed by atoms with Crippen molar-refractivity contribution in [3.05, 3.63) is 44.5 Å². The summed E-state index contributed by atoms with van der Waals surface area (Å²) >= 11 is 0. The normalized spacial score (nSPS) is 9.00. The zero-order valence-electron chi connectivity index (χ0n) is 8.09. The average molecular weight is 250 g/mol. The first-order chi connectivity index (χ1) is 5.18. The van der Waals surface area contributed by atoms with Gasteiger partial charge in [0.25, 0.3) is 0 Å². The van der Waals surface area contributed by atoms with E-state index in [1.165, 1.54) is 0 Å². The summed E-state index contributed by atoms with van der Waals surface area (Å²) in [6.07, 6.45) is 5.89. The molecular formula is C10H18ClSiTi-. The van der Waals surface area contributed by atoms with Gasteiger partial charge in [0, 0.05) is 21.7 Å². The molecule has 0 heterocycles. The fourth-order valence-corrected chi connectivity index (χ4v) is 3.51.